The van der Waals surface area contributed by atoms with E-state index in [1.165, 1.54) is 5.56 Å². The van der Waals surface area contributed by atoms with Crippen molar-refractivity contribution in [2.75, 3.05) is 11.9 Å². The van der Waals surface area contributed by atoms with E-state index in [1.807, 2.05) is 68.4 Å². The van der Waals surface area contributed by atoms with Gasteiger partial charge in [-0.25, -0.2) is 0 Å². The van der Waals surface area contributed by atoms with Crippen LogP contribution in [0.2, 0.25) is 5.02 Å². The van der Waals surface area contributed by atoms with Crippen molar-refractivity contribution in [3.8, 4) is 5.75 Å². The molecule has 5 heteroatoms. The predicted octanol–water partition coefficient (Wildman–Crippen LogP) is 6.45. The SMILES string of the molecule is CCOc1ccccc1CN(Cc1ccccc1)C(=S)Nc1ccc(C)c(Cl)c1. The Kier molecular flexibility index (Phi) is 7.50. The molecule has 0 atom stereocenters. The minimum Gasteiger partial charge on any atom is -0.494 e. The summed E-state index contributed by atoms with van der Waals surface area (Å²) in [5.74, 6) is 0.884. The van der Waals surface area contributed by atoms with Gasteiger partial charge < -0.3 is 15.0 Å². The van der Waals surface area contributed by atoms with Crippen LogP contribution in [0.5, 0.6) is 5.75 Å². The van der Waals surface area contributed by atoms with Gasteiger partial charge in [0.15, 0.2) is 5.11 Å². The van der Waals surface area contributed by atoms with E-state index in [1.54, 1.807) is 0 Å². The van der Waals surface area contributed by atoms with Crippen LogP contribution >= 0.6 is 23.8 Å². The van der Waals surface area contributed by atoms with Gasteiger partial charge in [0.25, 0.3) is 0 Å². The van der Waals surface area contributed by atoms with Crippen LogP contribution in [0.15, 0.2) is 72.8 Å². The topological polar surface area (TPSA) is 24.5 Å². The first-order valence-corrected chi connectivity index (χ1v) is 10.4. The lowest BCUT2D eigenvalue weighted by molar-refractivity contribution is 0.327. The Bertz CT molecular complexity index is 962. The zero-order valence-electron chi connectivity index (χ0n) is 16.7. The highest BCUT2D eigenvalue weighted by Crippen LogP contribution is 2.23. The van der Waals surface area contributed by atoms with E-state index in [4.69, 9.17) is 28.6 Å². The number of hydrogen-bond acceptors (Lipinski definition) is 2. The monoisotopic (exact) mass is 424 g/mol. The van der Waals surface area contributed by atoms with Gasteiger partial charge >= 0.3 is 0 Å². The summed E-state index contributed by atoms with van der Waals surface area (Å²) < 4.78 is 5.81. The van der Waals surface area contributed by atoms with E-state index in [9.17, 15) is 0 Å². The summed E-state index contributed by atoms with van der Waals surface area (Å²) in [7, 11) is 0. The molecule has 0 heterocycles. The van der Waals surface area contributed by atoms with E-state index < -0.39 is 0 Å². The number of halogens is 1. The van der Waals surface area contributed by atoms with Crippen LogP contribution in [0.4, 0.5) is 5.69 Å². The Morgan fingerprint density at radius 1 is 1.00 bits per heavy atom. The van der Waals surface area contributed by atoms with Gasteiger partial charge in [0.05, 0.1) is 6.61 Å². The lowest BCUT2D eigenvalue weighted by Gasteiger charge is -2.27. The van der Waals surface area contributed by atoms with E-state index in [2.05, 4.69) is 28.4 Å². The highest BCUT2D eigenvalue weighted by Gasteiger charge is 2.14. The van der Waals surface area contributed by atoms with Crippen molar-refractivity contribution in [2.24, 2.45) is 0 Å². The normalized spacial score (nSPS) is 10.4. The summed E-state index contributed by atoms with van der Waals surface area (Å²) in [5.41, 5.74) is 4.19. The number of rotatable bonds is 7. The molecular weight excluding hydrogens is 400 g/mol. The standard InChI is InChI=1S/C24H25ClN2OS/c1-3-28-23-12-8-7-11-20(23)17-27(16-19-9-5-4-6-10-19)24(29)26-21-14-13-18(2)22(25)15-21/h4-15H,3,16-17H2,1-2H3,(H,26,29). The maximum Gasteiger partial charge on any atom is 0.174 e. The number of aryl methyl sites for hydroxylation is 1. The van der Waals surface area contributed by atoms with Gasteiger partial charge in [-0.2, -0.15) is 0 Å². The van der Waals surface area contributed by atoms with E-state index >= 15 is 0 Å². The molecule has 0 aromatic heterocycles. The molecule has 0 bridgehead atoms. The second kappa shape index (κ2) is 10.3. The third kappa shape index (κ3) is 5.96. The smallest absolute Gasteiger partial charge is 0.174 e. The molecular formula is C24H25ClN2OS. The number of anilines is 1. The van der Waals surface area contributed by atoms with Crippen LogP contribution in [-0.4, -0.2) is 16.6 Å². The van der Waals surface area contributed by atoms with Gasteiger partial charge in [0.1, 0.15) is 5.75 Å². The number of thiocarbonyl (C=S) groups is 1. The number of para-hydroxylation sites is 1. The molecule has 0 aliphatic carbocycles. The number of benzene rings is 3. The Morgan fingerprint density at radius 2 is 1.72 bits per heavy atom. The Hall–Kier alpha value is -2.56. The molecule has 1 N–H and O–H groups in total. The molecule has 0 amide bonds. The molecule has 3 aromatic rings. The zero-order chi connectivity index (χ0) is 20.6. The van der Waals surface area contributed by atoms with Crippen LogP contribution in [-0.2, 0) is 13.1 Å². The first kappa shape index (κ1) is 21.2. The molecule has 0 unspecified atom stereocenters. The average molecular weight is 425 g/mol. The number of ether oxygens (including phenoxy) is 1. The van der Waals surface area contributed by atoms with Crippen LogP contribution in [0.1, 0.15) is 23.6 Å². The van der Waals surface area contributed by atoms with Crippen molar-refractivity contribution >= 4 is 34.6 Å². The molecule has 0 aliphatic heterocycles. The third-order valence-corrected chi connectivity index (χ3v) is 5.33. The second-order valence-corrected chi connectivity index (χ2v) is 7.57. The van der Waals surface area contributed by atoms with E-state index in [0.717, 1.165) is 22.6 Å². The molecule has 3 rings (SSSR count). The molecule has 0 saturated carbocycles. The van der Waals surface area contributed by atoms with Crippen molar-refractivity contribution in [1.29, 1.82) is 0 Å². The van der Waals surface area contributed by atoms with Crippen molar-refractivity contribution in [3.05, 3.63) is 94.5 Å². The van der Waals surface area contributed by atoms with E-state index in [-0.39, 0.29) is 0 Å². The zero-order valence-corrected chi connectivity index (χ0v) is 18.3. The Labute approximate surface area is 183 Å². The highest BCUT2D eigenvalue weighted by atomic mass is 35.5. The average Bonchev–Trinajstić information content (AvgIpc) is 2.72. The van der Waals surface area contributed by atoms with Crippen LogP contribution < -0.4 is 10.1 Å². The molecule has 3 nitrogen and oxygen atoms in total. The summed E-state index contributed by atoms with van der Waals surface area (Å²) >= 11 is 12.0. The summed E-state index contributed by atoms with van der Waals surface area (Å²) in [6.07, 6.45) is 0. The lowest BCUT2D eigenvalue weighted by atomic mass is 10.1. The molecule has 0 fully saturated rings. The quantitative estimate of drug-likeness (QED) is 0.440. The van der Waals surface area contributed by atoms with Crippen molar-refractivity contribution < 1.29 is 4.74 Å². The van der Waals surface area contributed by atoms with Crippen LogP contribution in [0, 0.1) is 6.92 Å². The number of hydrogen-bond donors (Lipinski definition) is 1. The van der Waals surface area contributed by atoms with E-state index in [0.29, 0.717) is 29.8 Å². The second-order valence-electron chi connectivity index (χ2n) is 6.78. The predicted molar refractivity (Wildman–Crippen MR) is 126 cm³/mol. The maximum atomic E-state index is 6.28. The Morgan fingerprint density at radius 3 is 2.45 bits per heavy atom. The molecule has 150 valence electrons. The minimum atomic E-state index is 0.625. The fourth-order valence-corrected chi connectivity index (χ4v) is 3.44. The largest absolute Gasteiger partial charge is 0.494 e. The molecule has 29 heavy (non-hydrogen) atoms. The van der Waals surface area contributed by atoms with Gasteiger partial charge in [-0.15, -0.1) is 0 Å². The summed E-state index contributed by atoms with van der Waals surface area (Å²) in [5, 5.41) is 4.69. The summed E-state index contributed by atoms with van der Waals surface area (Å²) in [6.45, 7) is 5.92. The minimum absolute atomic E-state index is 0.625. The first-order valence-electron chi connectivity index (χ1n) is 9.63. The van der Waals surface area contributed by atoms with Crippen LogP contribution in [0.3, 0.4) is 0 Å². The van der Waals surface area contributed by atoms with Crippen LogP contribution in [0.25, 0.3) is 0 Å². The number of nitrogens with one attached hydrogen (secondary N) is 1. The van der Waals surface area contributed by atoms with Crippen molar-refractivity contribution in [3.63, 3.8) is 0 Å². The van der Waals surface area contributed by atoms with Crippen molar-refractivity contribution in [1.82, 2.24) is 4.90 Å². The summed E-state index contributed by atoms with van der Waals surface area (Å²) in [4.78, 5) is 2.14. The molecule has 0 spiro atoms. The summed E-state index contributed by atoms with van der Waals surface area (Å²) in [6, 6.07) is 24.3. The fourth-order valence-electron chi connectivity index (χ4n) is 3.01. The van der Waals surface area contributed by atoms with Gasteiger partial charge in [-0.05, 0) is 55.4 Å². The number of nitrogens with zero attached hydrogens (tertiary/aromatic N) is 1. The molecule has 0 radical (unpaired) electrons. The van der Waals surface area contributed by atoms with Gasteiger partial charge in [-0.3, -0.25) is 0 Å². The molecule has 0 saturated heterocycles. The third-order valence-electron chi connectivity index (χ3n) is 4.56. The Balaban J connectivity index is 1.84. The first-order chi connectivity index (χ1) is 14.1. The fraction of sp³-hybridized carbons (Fsp3) is 0.208. The highest BCUT2D eigenvalue weighted by molar-refractivity contribution is 7.80. The lowest BCUT2D eigenvalue weighted by Crippen LogP contribution is -2.34. The van der Waals surface area contributed by atoms with Gasteiger partial charge in [0, 0.05) is 29.4 Å². The van der Waals surface area contributed by atoms with Crippen molar-refractivity contribution in [2.45, 2.75) is 26.9 Å². The maximum absolute atomic E-state index is 6.28. The van der Waals surface area contributed by atoms with Gasteiger partial charge in [-0.1, -0.05) is 66.2 Å². The molecule has 3 aromatic carbocycles. The molecule has 0 aliphatic rings. The van der Waals surface area contributed by atoms with Gasteiger partial charge in [0.2, 0.25) is 0 Å².